The van der Waals surface area contributed by atoms with Crippen molar-refractivity contribution in [2.24, 2.45) is 0 Å². The van der Waals surface area contributed by atoms with Crippen LogP contribution in [0.3, 0.4) is 0 Å². The molecular weight excluding hydrogens is 345 g/mol. The molecule has 0 saturated heterocycles. The van der Waals surface area contributed by atoms with Crippen LogP contribution in [-0.2, 0) is 6.61 Å². The second-order valence-electron chi connectivity index (χ2n) is 4.63. The number of aromatic nitrogens is 1. The summed E-state index contributed by atoms with van der Waals surface area (Å²) in [5.41, 5.74) is 2.63. The SMILES string of the molecule is OCc1c(-c2ccc(Cl)c(Cl)c2)noc1-c1ccc(Cl)cc1. The summed E-state index contributed by atoms with van der Waals surface area (Å²) in [6.07, 6.45) is 0. The zero-order valence-corrected chi connectivity index (χ0v) is 13.5. The zero-order valence-electron chi connectivity index (χ0n) is 11.2. The minimum absolute atomic E-state index is 0.211. The molecule has 0 spiro atoms. The Balaban J connectivity index is 2.10. The van der Waals surface area contributed by atoms with Crippen molar-refractivity contribution in [3.8, 4) is 22.6 Å². The minimum Gasteiger partial charge on any atom is -0.391 e. The van der Waals surface area contributed by atoms with Crippen LogP contribution in [0, 0.1) is 0 Å². The Hall–Kier alpha value is -1.52. The van der Waals surface area contributed by atoms with Gasteiger partial charge in [0.2, 0.25) is 0 Å². The molecule has 2 aromatic carbocycles. The first-order valence-electron chi connectivity index (χ1n) is 6.41. The monoisotopic (exact) mass is 353 g/mol. The lowest BCUT2D eigenvalue weighted by Crippen LogP contribution is -1.89. The molecule has 3 aromatic rings. The molecule has 0 saturated carbocycles. The summed E-state index contributed by atoms with van der Waals surface area (Å²) in [7, 11) is 0. The van der Waals surface area contributed by atoms with E-state index in [2.05, 4.69) is 5.16 Å². The summed E-state index contributed by atoms with van der Waals surface area (Å²) in [5, 5.41) is 15.3. The highest BCUT2D eigenvalue weighted by molar-refractivity contribution is 6.42. The van der Waals surface area contributed by atoms with Gasteiger partial charge in [-0.1, -0.05) is 46.0 Å². The first-order valence-corrected chi connectivity index (χ1v) is 7.54. The number of hydrogen-bond acceptors (Lipinski definition) is 3. The Labute approximate surface area is 142 Å². The zero-order chi connectivity index (χ0) is 15.7. The Bertz CT molecular complexity index is 813. The van der Waals surface area contributed by atoms with E-state index < -0.39 is 0 Å². The van der Waals surface area contributed by atoms with E-state index in [9.17, 15) is 5.11 Å². The van der Waals surface area contributed by atoms with Crippen LogP contribution in [0.1, 0.15) is 5.56 Å². The van der Waals surface area contributed by atoms with Gasteiger partial charge in [-0.25, -0.2) is 0 Å². The maximum absolute atomic E-state index is 9.70. The van der Waals surface area contributed by atoms with Crippen LogP contribution in [0.2, 0.25) is 15.1 Å². The summed E-state index contributed by atoms with van der Waals surface area (Å²) < 4.78 is 5.41. The number of aliphatic hydroxyl groups is 1. The number of nitrogens with zero attached hydrogens (tertiary/aromatic N) is 1. The molecule has 22 heavy (non-hydrogen) atoms. The number of rotatable bonds is 3. The smallest absolute Gasteiger partial charge is 0.173 e. The molecule has 0 aliphatic carbocycles. The van der Waals surface area contributed by atoms with Gasteiger partial charge in [-0.3, -0.25) is 0 Å². The number of aliphatic hydroxyl groups excluding tert-OH is 1. The van der Waals surface area contributed by atoms with E-state index in [0.29, 0.717) is 32.1 Å². The van der Waals surface area contributed by atoms with Gasteiger partial charge in [0.25, 0.3) is 0 Å². The lowest BCUT2D eigenvalue weighted by molar-refractivity contribution is 0.281. The third-order valence-corrected chi connectivity index (χ3v) is 4.24. The highest BCUT2D eigenvalue weighted by Gasteiger charge is 2.18. The molecule has 0 radical (unpaired) electrons. The highest BCUT2D eigenvalue weighted by Crippen LogP contribution is 2.35. The van der Waals surface area contributed by atoms with Gasteiger partial charge in [-0.05, 0) is 36.4 Å². The van der Waals surface area contributed by atoms with Crippen molar-refractivity contribution in [1.82, 2.24) is 5.16 Å². The Kier molecular flexibility index (Phi) is 4.41. The fourth-order valence-electron chi connectivity index (χ4n) is 2.15. The van der Waals surface area contributed by atoms with Crippen LogP contribution in [0.4, 0.5) is 0 Å². The molecule has 0 atom stereocenters. The second-order valence-corrected chi connectivity index (χ2v) is 5.88. The maximum Gasteiger partial charge on any atom is 0.173 e. The van der Waals surface area contributed by atoms with Crippen LogP contribution in [-0.4, -0.2) is 10.3 Å². The van der Waals surface area contributed by atoms with Crippen molar-refractivity contribution in [2.45, 2.75) is 6.61 Å². The summed E-state index contributed by atoms with van der Waals surface area (Å²) >= 11 is 17.8. The van der Waals surface area contributed by atoms with Gasteiger partial charge >= 0.3 is 0 Å². The van der Waals surface area contributed by atoms with E-state index in [1.807, 2.05) is 0 Å². The normalized spacial score (nSPS) is 10.9. The van der Waals surface area contributed by atoms with E-state index in [-0.39, 0.29) is 6.61 Å². The molecule has 0 aliphatic heterocycles. The van der Waals surface area contributed by atoms with E-state index in [1.165, 1.54) is 0 Å². The van der Waals surface area contributed by atoms with Crippen molar-refractivity contribution in [3.63, 3.8) is 0 Å². The van der Waals surface area contributed by atoms with Gasteiger partial charge in [0.1, 0.15) is 5.69 Å². The predicted octanol–water partition coefficient (Wildman–Crippen LogP) is 5.46. The molecule has 1 heterocycles. The molecule has 0 amide bonds. The fourth-order valence-corrected chi connectivity index (χ4v) is 2.58. The Morgan fingerprint density at radius 1 is 0.909 bits per heavy atom. The van der Waals surface area contributed by atoms with Crippen molar-refractivity contribution >= 4 is 34.8 Å². The molecule has 6 heteroatoms. The predicted molar refractivity (Wildman–Crippen MR) is 88.3 cm³/mol. The van der Waals surface area contributed by atoms with E-state index in [1.54, 1.807) is 42.5 Å². The number of hydrogen-bond donors (Lipinski definition) is 1. The van der Waals surface area contributed by atoms with Crippen LogP contribution in [0.25, 0.3) is 22.6 Å². The molecule has 0 fully saturated rings. The third kappa shape index (κ3) is 2.85. The Morgan fingerprint density at radius 3 is 2.23 bits per heavy atom. The number of halogens is 3. The van der Waals surface area contributed by atoms with Crippen molar-refractivity contribution < 1.29 is 9.63 Å². The van der Waals surface area contributed by atoms with Crippen LogP contribution in [0.15, 0.2) is 47.0 Å². The molecule has 0 bridgehead atoms. The summed E-state index contributed by atoms with van der Waals surface area (Å²) in [6, 6.07) is 12.3. The molecule has 1 N–H and O–H groups in total. The first-order chi connectivity index (χ1) is 10.6. The second kappa shape index (κ2) is 6.31. The van der Waals surface area contributed by atoms with E-state index in [4.69, 9.17) is 39.3 Å². The van der Waals surface area contributed by atoms with Gasteiger partial charge in [-0.15, -0.1) is 0 Å². The summed E-state index contributed by atoms with van der Waals surface area (Å²) in [6.45, 7) is -0.211. The topological polar surface area (TPSA) is 46.3 Å². The molecule has 1 aromatic heterocycles. The minimum atomic E-state index is -0.211. The molecular formula is C16H10Cl3NO2. The molecule has 3 nitrogen and oxygen atoms in total. The highest BCUT2D eigenvalue weighted by atomic mass is 35.5. The van der Waals surface area contributed by atoms with Crippen LogP contribution < -0.4 is 0 Å². The van der Waals surface area contributed by atoms with Gasteiger partial charge < -0.3 is 9.63 Å². The van der Waals surface area contributed by atoms with Gasteiger partial charge in [0, 0.05) is 16.1 Å². The summed E-state index contributed by atoms with van der Waals surface area (Å²) in [4.78, 5) is 0. The standard InChI is InChI=1S/C16H10Cl3NO2/c17-11-4-1-9(2-5-11)16-12(8-21)15(20-22-16)10-3-6-13(18)14(19)7-10/h1-7,21H,8H2. The van der Waals surface area contributed by atoms with Crippen molar-refractivity contribution in [1.29, 1.82) is 0 Å². The third-order valence-electron chi connectivity index (χ3n) is 3.25. The van der Waals surface area contributed by atoms with Crippen LogP contribution in [0.5, 0.6) is 0 Å². The van der Waals surface area contributed by atoms with Gasteiger partial charge in [-0.2, -0.15) is 0 Å². The lowest BCUT2D eigenvalue weighted by Gasteiger charge is -2.03. The first kappa shape index (κ1) is 15.4. The van der Waals surface area contributed by atoms with Gasteiger partial charge in [0.15, 0.2) is 5.76 Å². The fraction of sp³-hybridized carbons (Fsp3) is 0.0625. The quantitative estimate of drug-likeness (QED) is 0.679. The van der Waals surface area contributed by atoms with Crippen molar-refractivity contribution in [3.05, 3.63) is 63.1 Å². The van der Waals surface area contributed by atoms with Crippen LogP contribution >= 0.6 is 34.8 Å². The van der Waals surface area contributed by atoms with Crippen molar-refractivity contribution in [2.75, 3.05) is 0 Å². The molecule has 0 unspecified atom stereocenters. The van der Waals surface area contributed by atoms with E-state index in [0.717, 1.165) is 11.1 Å². The molecule has 112 valence electrons. The molecule has 3 rings (SSSR count). The largest absolute Gasteiger partial charge is 0.391 e. The van der Waals surface area contributed by atoms with Gasteiger partial charge in [0.05, 0.1) is 22.2 Å². The van der Waals surface area contributed by atoms with E-state index >= 15 is 0 Å². The molecule has 0 aliphatic rings. The average molecular weight is 355 g/mol. The maximum atomic E-state index is 9.70. The Morgan fingerprint density at radius 2 is 1.59 bits per heavy atom. The average Bonchev–Trinajstić information content (AvgIpc) is 2.94. The lowest BCUT2D eigenvalue weighted by atomic mass is 10.0. The number of benzene rings is 2. The summed E-state index contributed by atoms with van der Waals surface area (Å²) in [5.74, 6) is 0.500.